The molecule has 90 valence electrons. The monoisotopic (exact) mass is 246 g/mol. The Kier molecular flexibility index (Phi) is 2.05. The zero-order valence-electron chi connectivity index (χ0n) is 9.15. The molecule has 2 nitrogen and oxygen atoms in total. The number of benzene rings is 2. The third-order valence-corrected chi connectivity index (χ3v) is 3.16. The Balaban J connectivity index is 2.42. The van der Waals surface area contributed by atoms with Gasteiger partial charge in [0.05, 0.1) is 5.56 Å². The molecular formula is C14H8F2O2. The van der Waals surface area contributed by atoms with Crippen LogP contribution in [0.4, 0.5) is 8.78 Å². The molecule has 1 aliphatic carbocycles. The van der Waals surface area contributed by atoms with Crippen LogP contribution in [0, 0.1) is 0 Å². The average molecular weight is 246 g/mol. The second-order valence-electron chi connectivity index (χ2n) is 4.15. The SMILES string of the molecule is O=C(O)c1cccc2c1C(F)(F)c1ccccc1-2. The molecule has 0 spiro atoms. The maximum absolute atomic E-state index is 14.3. The fourth-order valence-electron chi connectivity index (χ4n) is 2.42. The molecule has 2 aromatic carbocycles. The highest BCUT2D eigenvalue weighted by molar-refractivity contribution is 5.95. The third-order valence-electron chi connectivity index (χ3n) is 3.16. The van der Waals surface area contributed by atoms with E-state index in [-0.39, 0.29) is 11.1 Å². The molecule has 0 bridgehead atoms. The fourth-order valence-corrected chi connectivity index (χ4v) is 2.42. The van der Waals surface area contributed by atoms with E-state index in [2.05, 4.69) is 0 Å². The predicted molar refractivity (Wildman–Crippen MR) is 61.8 cm³/mol. The summed E-state index contributed by atoms with van der Waals surface area (Å²) in [6.45, 7) is 0. The number of rotatable bonds is 1. The molecule has 1 N–H and O–H groups in total. The normalized spacial score (nSPS) is 15.0. The Morgan fingerprint density at radius 1 is 1.00 bits per heavy atom. The van der Waals surface area contributed by atoms with E-state index in [0.717, 1.165) is 0 Å². The van der Waals surface area contributed by atoms with Gasteiger partial charge in [-0.15, -0.1) is 0 Å². The first-order valence-corrected chi connectivity index (χ1v) is 5.38. The van der Waals surface area contributed by atoms with Crippen molar-refractivity contribution in [1.82, 2.24) is 0 Å². The number of carboxylic acid groups (broad SMARTS) is 1. The molecule has 0 amide bonds. The minimum Gasteiger partial charge on any atom is -0.478 e. The van der Waals surface area contributed by atoms with Gasteiger partial charge in [-0.25, -0.2) is 4.79 Å². The molecule has 0 aliphatic heterocycles. The fraction of sp³-hybridized carbons (Fsp3) is 0.0714. The first-order chi connectivity index (χ1) is 8.53. The summed E-state index contributed by atoms with van der Waals surface area (Å²) < 4.78 is 28.6. The molecule has 0 heterocycles. The van der Waals surface area contributed by atoms with Gasteiger partial charge in [0, 0.05) is 11.1 Å². The van der Waals surface area contributed by atoms with Crippen LogP contribution in [0.25, 0.3) is 11.1 Å². The minimum absolute atomic E-state index is 0.131. The van der Waals surface area contributed by atoms with Crippen molar-refractivity contribution in [2.75, 3.05) is 0 Å². The van der Waals surface area contributed by atoms with E-state index in [1.807, 2.05) is 0 Å². The van der Waals surface area contributed by atoms with Crippen molar-refractivity contribution in [2.24, 2.45) is 0 Å². The van der Waals surface area contributed by atoms with Crippen LogP contribution in [0.2, 0.25) is 0 Å². The standard InChI is InChI=1S/C14H8F2O2/c15-14(16)11-7-2-1-4-8(11)9-5-3-6-10(12(9)14)13(17)18/h1-7H,(H,17,18). The number of carboxylic acids is 1. The lowest BCUT2D eigenvalue weighted by Gasteiger charge is -2.14. The molecular weight excluding hydrogens is 238 g/mol. The van der Waals surface area contributed by atoms with Crippen molar-refractivity contribution in [1.29, 1.82) is 0 Å². The number of aromatic carboxylic acids is 1. The lowest BCUT2D eigenvalue weighted by Crippen LogP contribution is -2.15. The van der Waals surface area contributed by atoms with E-state index in [0.29, 0.717) is 11.1 Å². The first-order valence-electron chi connectivity index (χ1n) is 5.38. The molecule has 3 rings (SSSR count). The molecule has 18 heavy (non-hydrogen) atoms. The lowest BCUT2D eigenvalue weighted by molar-refractivity contribution is 0.0438. The number of halogens is 2. The van der Waals surface area contributed by atoms with Crippen LogP contribution in [-0.2, 0) is 5.92 Å². The van der Waals surface area contributed by atoms with Crippen molar-refractivity contribution in [3.05, 3.63) is 59.2 Å². The van der Waals surface area contributed by atoms with E-state index in [1.165, 1.54) is 30.3 Å². The number of carbonyl (C=O) groups is 1. The Morgan fingerprint density at radius 3 is 2.39 bits per heavy atom. The first kappa shape index (κ1) is 10.9. The van der Waals surface area contributed by atoms with Crippen molar-refractivity contribution >= 4 is 5.97 Å². The zero-order valence-corrected chi connectivity index (χ0v) is 9.15. The highest BCUT2D eigenvalue weighted by Gasteiger charge is 2.46. The summed E-state index contributed by atoms with van der Waals surface area (Å²) in [5, 5.41) is 9.03. The van der Waals surface area contributed by atoms with Crippen molar-refractivity contribution in [3.8, 4) is 11.1 Å². The van der Waals surface area contributed by atoms with Crippen LogP contribution in [0.3, 0.4) is 0 Å². The van der Waals surface area contributed by atoms with Gasteiger partial charge in [0.15, 0.2) is 0 Å². The largest absolute Gasteiger partial charge is 0.478 e. The van der Waals surface area contributed by atoms with Gasteiger partial charge in [0.25, 0.3) is 0 Å². The van der Waals surface area contributed by atoms with Crippen molar-refractivity contribution in [3.63, 3.8) is 0 Å². The molecule has 0 aromatic heterocycles. The second kappa shape index (κ2) is 3.38. The maximum atomic E-state index is 14.3. The molecule has 0 saturated carbocycles. The second-order valence-corrected chi connectivity index (χ2v) is 4.15. The summed E-state index contributed by atoms with van der Waals surface area (Å²) in [6.07, 6.45) is 0. The van der Waals surface area contributed by atoms with Crippen LogP contribution in [-0.4, -0.2) is 11.1 Å². The van der Waals surface area contributed by atoms with Gasteiger partial charge in [0.1, 0.15) is 0 Å². The number of hydrogen-bond donors (Lipinski definition) is 1. The van der Waals surface area contributed by atoms with Crippen LogP contribution in [0.1, 0.15) is 21.5 Å². The summed E-state index contributed by atoms with van der Waals surface area (Å²) in [4.78, 5) is 11.1. The number of alkyl halides is 2. The topological polar surface area (TPSA) is 37.3 Å². The molecule has 0 atom stereocenters. The summed E-state index contributed by atoms with van der Waals surface area (Å²) >= 11 is 0. The lowest BCUT2D eigenvalue weighted by atomic mass is 10.00. The highest BCUT2D eigenvalue weighted by Crippen LogP contribution is 2.51. The Hall–Kier alpha value is -2.23. The Labute approximate surface area is 101 Å². The number of hydrogen-bond acceptors (Lipinski definition) is 1. The summed E-state index contributed by atoms with van der Waals surface area (Å²) in [5.41, 5.74) is -0.169. The van der Waals surface area contributed by atoms with Crippen LogP contribution in [0.15, 0.2) is 42.5 Å². The maximum Gasteiger partial charge on any atom is 0.336 e. The third kappa shape index (κ3) is 1.23. The smallest absolute Gasteiger partial charge is 0.336 e. The average Bonchev–Trinajstić information content (AvgIpc) is 2.60. The van der Waals surface area contributed by atoms with Crippen LogP contribution in [0.5, 0.6) is 0 Å². The molecule has 4 heteroatoms. The molecule has 2 aromatic rings. The van der Waals surface area contributed by atoms with Gasteiger partial charge in [-0.05, 0) is 17.2 Å². The van der Waals surface area contributed by atoms with Gasteiger partial charge in [0.2, 0.25) is 0 Å². The van der Waals surface area contributed by atoms with E-state index in [9.17, 15) is 13.6 Å². The summed E-state index contributed by atoms with van der Waals surface area (Å²) in [7, 11) is 0. The van der Waals surface area contributed by atoms with Crippen molar-refractivity contribution < 1.29 is 18.7 Å². The summed E-state index contributed by atoms with van der Waals surface area (Å²) in [5.74, 6) is -4.58. The molecule has 0 fully saturated rings. The predicted octanol–water partition coefficient (Wildman–Crippen LogP) is 3.51. The van der Waals surface area contributed by atoms with E-state index < -0.39 is 17.5 Å². The quantitative estimate of drug-likeness (QED) is 0.836. The molecule has 0 radical (unpaired) electrons. The van der Waals surface area contributed by atoms with Gasteiger partial charge < -0.3 is 5.11 Å². The molecule has 1 aliphatic rings. The van der Waals surface area contributed by atoms with E-state index in [1.54, 1.807) is 12.1 Å². The number of fused-ring (bicyclic) bond motifs is 3. The van der Waals surface area contributed by atoms with Gasteiger partial charge >= 0.3 is 11.9 Å². The molecule has 0 saturated heterocycles. The van der Waals surface area contributed by atoms with Gasteiger partial charge in [-0.3, -0.25) is 0 Å². The van der Waals surface area contributed by atoms with E-state index in [4.69, 9.17) is 5.11 Å². The molecule has 0 unspecified atom stereocenters. The van der Waals surface area contributed by atoms with E-state index >= 15 is 0 Å². The summed E-state index contributed by atoms with van der Waals surface area (Å²) in [6, 6.07) is 10.3. The van der Waals surface area contributed by atoms with Gasteiger partial charge in [-0.2, -0.15) is 8.78 Å². The Morgan fingerprint density at radius 2 is 1.67 bits per heavy atom. The minimum atomic E-state index is -3.25. The van der Waals surface area contributed by atoms with Crippen LogP contribution >= 0.6 is 0 Å². The highest BCUT2D eigenvalue weighted by atomic mass is 19.3. The zero-order chi connectivity index (χ0) is 12.9. The van der Waals surface area contributed by atoms with Gasteiger partial charge in [-0.1, -0.05) is 36.4 Å². The van der Waals surface area contributed by atoms with Crippen molar-refractivity contribution in [2.45, 2.75) is 5.92 Å². The Bertz CT molecular complexity index is 663. The van der Waals surface area contributed by atoms with Crippen LogP contribution < -0.4 is 0 Å².